The molecule has 0 saturated heterocycles. The van der Waals surface area contributed by atoms with E-state index in [0.29, 0.717) is 0 Å². The zero-order valence-corrected chi connectivity index (χ0v) is 23.5. The molecule has 7 heteroatoms. The molecule has 37 heavy (non-hydrogen) atoms. The summed E-state index contributed by atoms with van der Waals surface area (Å²) in [5, 5.41) is 23.7. The maximum Gasteiger partial charge on any atom is 2.00 e. The van der Waals surface area contributed by atoms with Crippen LogP contribution in [0.3, 0.4) is 0 Å². The van der Waals surface area contributed by atoms with E-state index in [2.05, 4.69) is 121 Å². The molecule has 0 fully saturated rings. The summed E-state index contributed by atoms with van der Waals surface area (Å²) in [5.74, 6) is -2.17. The van der Waals surface area contributed by atoms with Crippen LogP contribution in [0.5, 0.6) is 0 Å². The molecule has 0 aliphatic heterocycles. The molecule has 4 aromatic carbocycles. The van der Waals surface area contributed by atoms with E-state index in [1.165, 1.54) is 33.5 Å². The molecular formula is C30H30CuO4P2. The van der Waals surface area contributed by atoms with Gasteiger partial charge in [0.05, 0.1) is 0 Å². The molecule has 0 aliphatic rings. The third-order valence-corrected chi connectivity index (χ3v) is 10.2. The summed E-state index contributed by atoms with van der Waals surface area (Å²) in [6.45, 7) is 1.94. The van der Waals surface area contributed by atoms with Crippen molar-refractivity contribution in [3.63, 3.8) is 0 Å². The monoisotopic (exact) mass is 579 g/mol. The first-order chi connectivity index (χ1) is 17.4. The van der Waals surface area contributed by atoms with Gasteiger partial charge in [0, 0.05) is 11.9 Å². The average molecular weight is 580 g/mol. The molecule has 0 atom stereocenters. The number of hydrogen-bond donors (Lipinski definition) is 0. The Morgan fingerprint density at radius 3 is 0.811 bits per heavy atom. The molecule has 4 rings (SSSR count). The molecule has 4 nitrogen and oxygen atoms in total. The largest absolute Gasteiger partial charge is 2.00 e. The van der Waals surface area contributed by atoms with Crippen LogP contribution in [-0.2, 0) is 26.7 Å². The van der Waals surface area contributed by atoms with Gasteiger partial charge in [0.2, 0.25) is 0 Å². The summed E-state index contributed by atoms with van der Waals surface area (Å²) in [5.41, 5.74) is 0. The van der Waals surface area contributed by atoms with Gasteiger partial charge in [0.15, 0.2) is 0 Å². The summed E-state index contributed by atoms with van der Waals surface area (Å²) in [7, 11) is -0.696. The van der Waals surface area contributed by atoms with Crippen LogP contribution in [-0.4, -0.2) is 24.3 Å². The molecular weight excluding hydrogens is 550 g/mol. The first-order valence-corrected chi connectivity index (χ1v) is 14.5. The average Bonchev–Trinajstić information content (AvgIpc) is 2.88. The molecule has 0 bridgehead atoms. The van der Waals surface area contributed by atoms with Crippen LogP contribution in [0.25, 0.3) is 0 Å². The number of benzene rings is 4. The van der Waals surface area contributed by atoms with Crippen LogP contribution in [0.4, 0.5) is 0 Å². The maximum atomic E-state index is 8.89. The minimum atomic E-state index is -1.08. The molecule has 1 radical (unpaired) electrons. The van der Waals surface area contributed by atoms with Crippen LogP contribution >= 0.6 is 15.8 Å². The van der Waals surface area contributed by atoms with E-state index in [-0.39, 0.29) is 32.9 Å². The van der Waals surface area contributed by atoms with Gasteiger partial charge < -0.3 is 19.8 Å². The van der Waals surface area contributed by atoms with Gasteiger partial charge in [-0.2, -0.15) is 0 Å². The summed E-state index contributed by atoms with van der Waals surface area (Å²) < 4.78 is 0. The third-order valence-electron chi connectivity index (χ3n) is 4.82. The number of carbonyl (C=O) groups is 2. The van der Waals surface area contributed by atoms with E-state index in [4.69, 9.17) is 19.8 Å². The van der Waals surface area contributed by atoms with Gasteiger partial charge in [-0.25, -0.2) is 0 Å². The molecule has 195 valence electrons. The zero-order valence-electron chi connectivity index (χ0n) is 20.8. The van der Waals surface area contributed by atoms with E-state index in [1.807, 2.05) is 0 Å². The van der Waals surface area contributed by atoms with Crippen LogP contribution in [0.2, 0.25) is 0 Å². The van der Waals surface area contributed by atoms with Gasteiger partial charge in [-0.05, 0) is 63.2 Å². The maximum absolute atomic E-state index is 8.89. The van der Waals surface area contributed by atoms with E-state index in [9.17, 15) is 0 Å². The second-order valence-electron chi connectivity index (χ2n) is 7.63. The molecule has 0 N–H and O–H groups in total. The number of aliphatic carboxylic acids is 2. The van der Waals surface area contributed by atoms with Crippen molar-refractivity contribution in [2.24, 2.45) is 0 Å². The van der Waals surface area contributed by atoms with Gasteiger partial charge in [-0.3, -0.25) is 0 Å². The standard InChI is InChI=1S/C26H24P2.2C2H4O2.Cu/c1-5-13-23(14-6-1)27(24-15-7-2-8-16-24)21-22-28(25-17-9-3-10-18-25)26-19-11-4-12-20-26;2*1-2(3)4;/h1-20H,21-22H2;2*1H3,(H,3,4);/q;;;+2/p-2. The second-order valence-corrected chi connectivity index (χ2v) is 12.3. The summed E-state index contributed by atoms with van der Waals surface area (Å²) in [6.07, 6.45) is 2.41. The Balaban J connectivity index is 0.000000671. The minimum absolute atomic E-state index is 0. The van der Waals surface area contributed by atoms with Crippen molar-refractivity contribution in [2.45, 2.75) is 13.8 Å². The minimum Gasteiger partial charge on any atom is -0.550 e. The molecule has 4 aromatic rings. The molecule has 0 aromatic heterocycles. The van der Waals surface area contributed by atoms with Crippen molar-refractivity contribution in [1.82, 2.24) is 0 Å². The SMILES string of the molecule is CC(=O)[O-].CC(=O)[O-].[Cu+2].c1ccc(P(CCP(c2ccccc2)c2ccccc2)c2ccccc2)cc1. The van der Waals surface area contributed by atoms with Crippen LogP contribution in [0.15, 0.2) is 121 Å². The van der Waals surface area contributed by atoms with Crippen molar-refractivity contribution in [1.29, 1.82) is 0 Å². The van der Waals surface area contributed by atoms with Crippen molar-refractivity contribution in [2.75, 3.05) is 12.3 Å². The fraction of sp³-hybridized carbons (Fsp3) is 0.133. The molecule has 0 heterocycles. The summed E-state index contributed by atoms with van der Waals surface area (Å²) >= 11 is 0. The Hall–Kier alpha value is -2.80. The van der Waals surface area contributed by atoms with Gasteiger partial charge in [-0.15, -0.1) is 0 Å². The normalized spacial score (nSPS) is 9.73. The fourth-order valence-electron chi connectivity index (χ4n) is 3.45. The molecule has 0 aliphatic carbocycles. The van der Waals surface area contributed by atoms with Gasteiger partial charge in [-0.1, -0.05) is 121 Å². The van der Waals surface area contributed by atoms with Gasteiger partial charge in [0.25, 0.3) is 0 Å². The quantitative estimate of drug-likeness (QED) is 0.249. The van der Waals surface area contributed by atoms with Crippen LogP contribution < -0.4 is 31.4 Å². The van der Waals surface area contributed by atoms with E-state index < -0.39 is 11.9 Å². The van der Waals surface area contributed by atoms with E-state index in [1.54, 1.807) is 0 Å². The topological polar surface area (TPSA) is 80.3 Å². The Bertz CT molecular complexity index is 979. The second kappa shape index (κ2) is 18.4. The van der Waals surface area contributed by atoms with Crippen molar-refractivity contribution < 1.29 is 36.9 Å². The predicted octanol–water partition coefficient (Wildman–Crippen LogP) is 2.76. The van der Waals surface area contributed by atoms with Crippen molar-refractivity contribution in [3.05, 3.63) is 121 Å². The van der Waals surface area contributed by atoms with E-state index >= 15 is 0 Å². The number of carboxylic acid groups (broad SMARTS) is 2. The molecule has 0 amide bonds. The zero-order chi connectivity index (χ0) is 26.2. The molecule has 0 unspecified atom stereocenters. The van der Waals surface area contributed by atoms with Crippen LogP contribution in [0.1, 0.15) is 13.8 Å². The van der Waals surface area contributed by atoms with Gasteiger partial charge >= 0.3 is 17.1 Å². The number of hydrogen-bond acceptors (Lipinski definition) is 4. The van der Waals surface area contributed by atoms with Crippen molar-refractivity contribution >= 4 is 49.0 Å². The summed E-state index contributed by atoms with van der Waals surface area (Å²) in [4.78, 5) is 17.8. The number of carboxylic acids is 2. The smallest absolute Gasteiger partial charge is 0.550 e. The molecule has 0 saturated carbocycles. The van der Waals surface area contributed by atoms with E-state index in [0.717, 1.165) is 13.8 Å². The Morgan fingerprint density at radius 1 is 0.486 bits per heavy atom. The number of carbonyl (C=O) groups excluding carboxylic acids is 2. The number of rotatable bonds is 7. The Morgan fingerprint density at radius 2 is 0.649 bits per heavy atom. The van der Waals surface area contributed by atoms with Crippen molar-refractivity contribution in [3.8, 4) is 0 Å². The Labute approximate surface area is 232 Å². The third kappa shape index (κ3) is 12.8. The first kappa shape index (κ1) is 32.2. The first-order valence-electron chi connectivity index (χ1n) is 11.5. The Kier molecular flexibility index (Phi) is 16.1. The summed E-state index contributed by atoms with van der Waals surface area (Å²) in [6, 6.07) is 44.2. The fourth-order valence-corrected chi connectivity index (χ4v) is 8.80. The van der Waals surface area contributed by atoms with Gasteiger partial charge in [0.1, 0.15) is 0 Å². The van der Waals surface area contributed by atoms with Crippen LogP contribution in [0, 0.1) is 0 Å². The predicted molar refractivity (Wildman–Crippen MR) is 149 cm³/mol. The molecule has 0 spiro atoms.